The number of rotatable bonds is 2. The summed E-state index contributed by atoms with van der Waals surface area (Å²) in [5.41, 5.74) is 2.32. The Kier molecular flexibility index (Phi) is 3.40. The third-order valence-electron chi connectivity index (χ3n) is 3.01. The lowest BCUT2D eigenvalue weighted by Gasteiger charge is -2.11. The number of carbonyl (C=O) groups is 1. The summed E-state index contributed by atoms with van der Waals surface area (Å²) in [5, 5.41) is 0. The molecular weight excluding hydrogens is 198 g/mol. The molecule has 0 aliphatic carbocycles. The van der Waals surface area contributed by atoms with E-state index in [2.05, 4.69) is 13.0 Å². The van der Waals surface area contributed by atoms with Crippen molar-refractivity contribution in [1.29, 1.82) is 0 Å². The van der Waals surface area contributed by atoms with E-state index >= 15 is 0 Å². The predicted molar refractivity (Wildman–Crippen MR) is 66.0 cm³/mol. The van der Waals surface area contributed by atoms with Crippen LogP contribution in [-0.4, -0.2) is 23.9 Å². The molecule has 0 spiro atoms. The normalized spacial score (nSPS) is 15.9. The van der Waals surface area contributed by atoms with Crippen LogP contribution in [0.5, 0.6) is 0 Å². The lowest BCUT2D eigenvalue weighted by molar-refractivity contribution is -0.124. The Morgan fingerprint density at radius 3 is 2.62 bits per heavy atom. The van der Waals surface area contributed by atoms with Crippen molar-refractivity contribution in [1.82, 2.24) is 4.90 Å². The van der Waals surface area contributed by atoms with Crippen molar-refractivity contribution >= 4 is 12.0 Å². The Morgan fingerprint density at radius 2 is 1.94 bits per heavy atom. The largest absolute Gasteiger partial charge is 0.339 e. The summed E-state index contributed by atoms with van der Waals surface area (Å²) in [5.74, 6) is 0.140. The fourth-order valence-corrected chi connectivity index (χ4v) is 1.98. The van der Waals surface area contributed by atoms with Crippen molar-refractivity contribution in [3.8, 4) is 0 Å². The highest BCUT2D eigenvalue weighted by molar-refractivity contribution is 5.92. The average molecular weight is 215 g/mol. The summed E-state index contributed by atoms with van der Waals surface area (Å²) >= 11 is 0. The highest BCUT2D eigenvalue weighted by Gasteiger charge is 2.14. The number of carbonyl (C=O) groups excluding carboxylic acids is 1. The molecule has 0 N–H and O–H groups in total. The number of likely N-dealkylation sites (tertiary alicyclic amines) is 1. The van der Waals surface area contributed by atoms with Crippen LogP contribution < -0.4 is 0 Å². The van der Waals surface area contributed by atoms with Gasteiger partial charge in [-0.2, -0.15) is 0 Å². The van der Waals surface area contributed by atoms with Gasteiger partial charge in [-0.15, -0.1) is 0 Å². The first-order chi connectivity index (χ1) is 7.77. The minimum absolute atomic E-state index is 0.140. The zero-order valence-corrected chi connectivity index (χ0v) is 9.65. The molecule has 2 nitrogen and oxygen atoms in total. The van der Waals surface area contributed by atoms with Gasteiger partial charge in [0.15, 0.2) is 0 Å². The Labute approximate surface area is 96.6 Å². The summed E-state index contributed by atoms with van der Waals surface area (Å²) in [6.45, 7) is 3.88. The maximum atomic E-state index is 11.8. The molecule has 84 valence electrons. The number of nitrogens with zero attached hydrogens (tertiary/aromatic N) is 1. The topological polar surface area (TPSA) is 20.3 Å². The highest BCUT2D eigenvalue weighted by atomic mass is 16.2. The molecule has 0 saturated carbocycles. The van der Waals surface area contributed by atoms with E-state index in [1.165, 1.54) is 5.56 Å². The SMILES string of the molecule is Cc1ccccc1/C=C/C(=O)N1CCCC1. The molecular formula is C14H17NO. The van der Waals surface area contributed by atoms with E-state index in [-0.39, 0.29) is 5.91 Å². The van der Waals surface area contributed by atoms with Gasteiger partial charge < -0.3 is 4.90 Å². The lowest BCUT2D eigenvalue weighted by atomic mass is 10.1. The second-order valence-electron chi connectivity index (χ2n) is 4.22. The van der Waals surface area contributed by atoms with Gasteiger partial charge in [0.05, 0.1) is 0 Å². The van der Waals surface area contributed by atoms with Gasteiger partial charge in [-0.05, 0) is 37.0 Å². The Bertz CT molecular complexity index is 403. The molecule has 1 aliphatic rings. The number of hydrogen-bond acceptors (Lipinski definition) is 1. The van der Waals surface area contributed by atoms with Gasteiger partial charge in [0.25, 0.3) is 0 Å². The monoisotopic (exact) mass is 215 g/mol. The molecule has 0 unspecified atom stereocenters. The fourth-order valence-electron chi connectivity index (χ4n) is 1.98. The summed E-state index contributed by atoms with van der Waals surface area (Å²) in [7, 11) is 0. The first-order valence-corrected chi connectivity index (χ1v) is 5.80. The minimum atomic E-state index is 0.140. The fraction of sp³-hybridized carbons (Fsp3) is 0.357. The van der Waals surface area contributed by atoms with Crippen LogP contribution in [0.2, 0.25) is 0 Å². The van der Waals surface area contributed by atoms with Crippen LogP contribution in [0.15, 0.2) is 30.3 Å². The van der Waals surface area contributed by atoms with Crippen molar-refractivity contribution in [3.63, 3.8) is 0 Å². The minimum Gasteiger partial charge on any atom is -0.339 e. The maximum Gasteiger partial charge on any atom is 0.246 e. The predicted octanol–water partition coefficient (Wildman–Crippen LogP) is 2.63. The van der Waals surface area contributed by atoms with E-state index in [0.29, 0.717) is 0 Å². The molecule has 1 heterocycles. The van der Waals surface area contributed by atoms with Gasteiger partial charge in [0.1, 0.15) is 0 Å². The van der Waals surface area contributed by atoms with Gasteiger partial charge in [-0.1, -0.05) is 24.3 Å². The quantitative estimate of drug-likeness (QED) is 0.694. The molecule has 1 fully saturated rings. The molecule has 0 atom stereocenters. The van der Waals surface area contributed by atoms with Crippen molar-refractivity contribution in [2.45, 2.75) is 19.8 Å². The van der Waals surface area contributed by atoms with E-state index < -0.39 is 0 Å². The van der Waals surface area contributed by atoms with E-state index in [9.17, 15) is 4.79 Å². The number of aryl methyl sites for hydroxylation is 1. The van der Waals surface area contributed by atoms with Gasteiger partial charge in [0.2, 0.25) is 5.91 Å². The molecule has 0 bridgehead atoms. The van der Waals surface area contributed by atoms with Crippen LogP contribution in [0.1, 0.15) is 24.0 Å². The third-order valence-corrected chi connectivity index (χ3v) is 3.01. The summed E-state index contributed by atoms with van der Waals surface area (Å²) in [6, 6.07) is 8.09. The second-order valence-corrected chi connectivity index (χ2v) is 4.22. The van der Waals surface area contributed by atoms with E-state index in [0.717, 1.165) is 31.5 Å². The van der Waals surface area contributed by atoms with Crippen LogP contribution in [0.3, 0.4) is 0 Å². The molecule has 1 aromatic carbocycles. The zero-order chi connectivity index (χ0) is 11.4. The average Bonchev–Trinajstić information content (AvgIpc) is 2.81. The van der Waals surface area contributed by atoms with Crippen LogP contribution >= 0.6 is 0 Å². The molecule has 1 aliphatic heterocycles. The van der Waals surface area contributed by atoms with Gasteiger partial charge in [-0.25, -0.2) is 0 Å². The molecule has 0 aromatic heterocycles. The van der Waals surface area contributed by atoms with E-state index in [1.807, 2.05) is 29.2 Å². The second kappa shape index (κ2) is 4.97. The van der Waals surface area contributed by atoms with E-state index in [4.69, 9.17) is 0 Å². The van der Waals surface area contributed by atoms with Crippen LogP contribution in [0.25, 0.3) is 6.08 Å². The first kappa shape index (κ1) is 10.9. The number of hydrogen-bond donors (Lipinski definition) is 0. The first-order valence-electron chi connectivity index (χ1n) is 5.80. The standard InChI is InChI=1S/C14H17NO/c1-12-6-2-3-7-13(12)8-9-14(16)15-10-4-5-11-15/h2-3,6-9H,4-5,10-11H2,1H3/b9-8+. The van der Waals surface area contributed by atoms with Gasteiger partial charge >= 0.3 is 0 Å². The van der Waals surface area contributed by atoms with Crippen molar-refractivity contribution < 1.29 is 4.79 Å². The van der Waals surface area contributed by atoms with E-state index in [1.54, 1.807) is 6.08 Å². The molecule has 2 heteroatoms. The highest BCUT2D eigenvalue weighted by Crippen LogP contribution is 2.11. The third kappa shape index (κ3) is 2.51. The zero-order valence-electron chi connectivity index (χ0n) is 9.65. The Hall–Kier alpha value is -1.57. The summed E-state index contributed by atoms with van der Waals surface area (Å²) in [4.78, 5) is 13.7. The molecule has 2 rings (SSSR count). The maximum absolute atomic E-state index is 11.8. The molecule has 1 amide bonds. The van der Waals surface area contributed by atoms with Crippen LogP contribution in [0, 0.1) is 6.92 Å². The molecule has 1 aromatic rings. The van der Waals surface area contributed by atoms with Crippen molar-refractivity contribution in [3.05, 3.63) is 41.5 Å². The van der Waals surface area contributed by atoms with Crippen molar-refractivity contribution in [2.24, 2.45) is 0 Å². The summed E-state index contributed by atoms with van der Waals surface area (Å²) in [6.07, 6.45) is 5.89. The van der Waals surface area contributed by atoms with Crippen LogP contribution in [0.4, 0.5) is 0 Å². The van der Waals surface area contributed by atoms with Crippen molar-refractivity contribution in [2.75, 3.05) is 13.1 Å². The number of amides is 1. The molecule has 0 radical (unpaired) electrons. The Balaban J connectivity index is 2.03. The van der Waals surface area contributed by atoms with Gasteiger partial charge in [0, 0.05) is 19.2 Å². The number of benzene rings is 1. The van der Waals surface area contributed by atoms with Crippen LogP contribution in [-0.2, 0) is 4.79 Å². The van der Waals surface area contributed by atoms with Gasteiger partial charge in [-0.3, -0.25) is 4.79 Å². The smallest absolute Gasteiger partial charge is 0.246 e. The summed E-state index contributed by atoms with van der Waals surface area (Å²) < 4.78 is 0. The molecule has 1 saturated heterocycles. The molecule has 16 heavy (non-hydrogen) atoms. The lowest BCUT2D eigenvalue weighted by Crippen LogP contribution is -2.25. The Morgan fingerprint density at radius 1 is 1.25 bits per heavy atom.